The lowest BCUT2D eigenvalue weighted by Crippen LogP contribution is -2.38. The van der Waals surface area contributed by atoms with Crippen molar-refractivity contribution in [1.29, 1.82) is 0 Å². The van der Waals surface area contributed by atoms with Gasteiger partial charge < -0.3 is 10.5 Å². The largest absolute Gasteiger partial charge is 0.434 e. The standard InChI is InChI=1S/C18H20ClF5N6O/c1-10(18(22,23)24)31-16-27-14(29-7-6-17(20,21)9-29)13(25)15(28-16)30(26)8-11-4-2-3-5-12(11)19/h2-5,10H,6-9,25-26H2,1H3/p+1/t10-/m0/s1. The van der Waals surface area contributed by atoms with Crippen molar-refractivity contribution in [3.05, 3.63) is 34.9 Å². The number of aromatic amines is 1. The van der Waals surface area contributed by atoms with Crippen LogP contribution in [0.25, 0.3) is 0 Å². The Balaban J connectivity index is 1.99. The monoisotopic (exact) mass is 467 g/mol. The highest BCUT2D eigenvalue weighted by Gasteiger charge is 2.44. The molecule has 0 radical (unpaired) electrons. The van der Waals surface area contributed by atoms with Crippen molar-refractivity contribution >= 4 is 28.9 Å². The maximum atomic E-state index is 13.7. The number of nitrogens with two attached hydrogens (primary N) is 2. The zero-order chi connectivity index (χ0) is 23.0. The molecule has 13 heteroatoms. The second-order valence-corrected chi connectivity index (χ2v) is 7.58. The van der Waals surface area contributed by atoms with Gasteiger partial charge in [-0.3, -0.25) is 9.91 Å². The highest BCUT2D eigenvalue weighted by atomic mass is 35.5. The molecule has 1 aliphatic heterocycles. The fraction of sp³-hybridized carbons (Fsp3) is 0.444. The van der Waals surface area contributed by atoms with Crippen molar-refractivity contribution in [2.24, 2.45) is 5.84 Å². The van der Waals surface area contributed by atoms with E-state index in [9.17, 15) is 22.0 Å². The van der Waals surface area contributed by atoms with E-state index in [0.29, 0.717) is 10.6 Å². The van der Waals surface area contributed by atoms with E-state index in [1.54, 1.807) is 24.3 Å². The van der Waals surface area contributed by atoms with E-state index >= 15 is 0 Å². The number of ether oxygens (including phenoxy) is 1. The molecular weight excluding hydrogens is 447 g/mol. The van der Waals surface area contributed by atoms with Gasteiger partial charge in [0, 0.05) is 11.4 Å². The van der Waals surface area contributed by atoms with Crippen LogP contribution in [0.4, 0.5) is 39.3 Å². The number of benzene rings is 1. The number of aromatic nitrogens is 2. The Morgan fingerprint density at radius 1 is 1.35 bits per heavy atom. The van der Waals surface area contributed by atoms with Crippen LogP contribution in [-0.2, 0) is 6.54 Å². The maximum Gasteiger partial charge on any atom is 0.434 e. The van der Waals surface area contributed by atoms with Crippen molar-refractivity contribution in [3.8, 4) is 6.01 Å². The van der Waals surface area contributed by atoms with Gasteiger partial charge in [0.05, 0.1) is 13.1 Å². The van der Waals surface area contributed by atoms with Crippen LogP contribution >= 0.6 is 11.6 Å². The van der Waals surface area contributed by atoms with Crippen LogP contribution in [0.15, 0.2) is 24.3 Å². The Morgan fingerprint density at radius 2 is 2.03 bits per heavy atom. The van der Waals surface area contributed by atoms with Gasteiger partial charge in [-0.1, -0.05) is 29.8 Å². The Hall–Kier alpha value is -2.60. The average Bonchev–Trinajstić information content (AvgIpc) is 3.03. The second-order valence-electron chi connectivity index (χ2n) is 7.18. The molecule has 170 valence electrons. The number of hydrogen-bond acceptors (Lipinski definition) is 6. The number of nitrogen functional groups attached to an aromatic ring is 1. The summed E-state index contributed by atoms with van der Waals surface area (Å²) in [7, 11) is 0. The highest BCUT2D eigenvalue weighted by Crippen LogP contribution is 2.36. The lowest BCUT2D eigenvalue weighted by Gasteiger charge is -2.22. The third-order valence-electron chi connectivity index (χ3n) is 4.73. The number of halogens is 6. The molecule has 7 nitrogen and oxygen atoms in total. The molecule has 3 rings (SSSR count). The highest BCUT2D eigenvalue weighted by molar-refractivity contribution is 6.31. The van der Waals surface area contributed by atoms with Gasteiger partial charge in [0.25, 0.3) is 17.6 Å². The molecule has 1 saturated heterocycles. The smallest absolute Gasteiger partial charge is 0.428 e. The molecule has 1 aromatic heterocycles. The molecule has 1 aliphatic rings. The molecule has 0 aliphatic carbocycles. The third kappa shape index (κ3) is 5.37. The van der Waals surface area contributed by atoms with Crippen LogP contribution in [0, 0.1) is 0 Å². The first-order valence-electron chi connectivity index (χ1n) is 9.22. The van der Waals surface area contributed by atoms with Crippen LogP contribution in [0.3, 0.4) is 0 Å². The first-order valence-corrected chi connectivity index (χ1v) is 9.60. The van der Waals surface area contributed by atoms with Crippen LogP contribution < -0.4 is 31.2 Å². The molecule has 0 saturated carbocycles. The fourth-order valence-corrected chi connectivity index (χ4v) is 3.22. The average molecular weight is 468 g/mol. The molecule has 1 aromatic carbocycles. The van der Waals surface area contributed by atoms with Crippen LogP contribution in [0.2, 0.25) is 5.02 Å². The number of nitrogens with one attached hydrogen (secondary N) is 1. The quantitative estimate of drug-likeness (QED) is 0.385. The molecule has 1 atom stereocenters. The van der Waals surface area contributed by atoms with Crippen LogP contribution in [-0.4, -0.2) is 36.3 Å². The topological polar surface area (TPSA) is 94.8 Å². The van der Waals surface area contributed by atoms with Gasteiger partial charge in [-0.15, -0.1) is 0 Å². The van der Waals surface area contributed by atoms with Crippen molar-refractivity contribution < 1.29 is 31.7 Å². The van der Waals surface area contributed by atoms with Gasteiger partial charge in [-0.2, -0.15) is 13.2 Å². The molecule has 2 aromatic rings. The summed E-state index contributed by atoms with van der Waals surface area (Å²) in [5, 5.41) is 1.47. The number of alkyl halides is 5. The number of rotatable bonds is 6. The van der Waals surface area contributed by atoms with E-state index in [4.69, 9.17) is 27.9 Å². The normalized spacial score (nSPS) is 17.0. The minimum absolute atomic E-state index is 0.00471. The summed E-state index contributed by atoms with van der Waals surface area (Å²) in [6.45, 7) is 0.0605. The van der Waals surface area contributed by atoms with Gasteiger partial charge in [0.1, 0.15) is 6.54 Å². The Kier molecular flexibility index (Phi) is 6.33. The summed E-state index contributed by atoms with van der Waals surface area (Å²) in [6, 6.07) is 6.21. The third-order valence-corrected chi connectivity index (χ3v) is 5.10. The van der Waals surface area contributed by atoms with Gasteiger partial charge in [-0.25, -0.2) is 19.6 Å². The molecule has 31 heavy (non-hydrogen) atoms. The van der Waals surface area contributed by atoms with Crippen LogP contribution in [0.1, 0.15) is 18.9 Å². The van der Waals surface area contributed by atoms with E-state index < -0.39 is 37.2 Å². The molecule has 2 heterocycles. The number of anilines is 3. The van der Waals surface area contributed by atoms with E-state index in [-0.39, 0.29) is 30.4 Å². The van der Waals surface area contributed by atoms with Crippen LogP contribution in [0.5, 0.6) is 6.01 Å². The lowest BCUT2D eigenvalue weighted by atomic mass is 10.2. The zero-order valence-corrected chi connectivity index (χ0v) is 17.1. The second kappa shape index (κ2) is 8.50. The first-order chi connectivity index (χ1) is 14.4. The number of nitrogens with zero attached hydrogens (tertiary/aromatic N) is 3. The lowest BCUT2D eigenvalue weighted by molar-refractivity contribution is -0.393. The molecule has 5 N–H and O–H groups in total. The molecule has 1 fully saturated rings. The molecular formula is C18H21ClF5N6O+. The fourth-order valence-electron chi connectivity index (χ4n) is 3.03. The van der Waals surface area contributed by atoms with Gasteiger partial charge in [-0.05, 0) is 23.5 Å². The molecule has 0 spiro atoms. The SMILES string of the molecule is C[C@H](Oc1nc(N(N)Cc2ccccc2Cl)c(N)c(N2CCC(F)(F)C2)[nH+]1)C(F)(F)F. The summed E-state index contributed by atoms with van der Waals surface area (Å²) < 4.78 is 71.2. The van der Waals surface area contributed by atoms with E-state index in [1.807, 2.05) is 0 Å². The first kappa shape index (κ1) is 23.1. The number of H-pyrrole nitrogens is 1. The Labute approximate surface area is 179 Å². The van der Waals surface area contributed by atoms with Crippen molar-refractivity contribution in [1.82, 2.24) is 4.98 Å². The van der Waals surface area contributed by atoms with Gasteiger partial charge >= 0.3 is 12.2 Å². The Morgan fingerprint density at radius 3 is 2.61 bits per heavy atom. The van der Waals surface area contributed by atoms with Crippen molar-refractivity contribution in [3.63, 3.8) is 0 Å². The van der Waals surface area contributed by atoms with E-state index in [0.717, 1.165) is 11.9 Å². The van der Waals surface area contributed by atoms with E-state index in [2.05, 4.69) is 9.97 Å². The number of hydrazine groups is 1. The molecule has 0 unspecified atom stereocenters. The minimum atomic E-state index is -4.67. The predicted octanol–water partition coefficient (Wildman–Crippen LogP) is 3.19. The van der Waals surface area contributed by atoms with Crippen molar-refractivity contribution in [2.45, 2.75) is 38.1 Å². The van der Waals surface area contributed by atoms with Crippen molar-refractivity contribution in [2.75, 3.05) is 28.7 Å². The summed E-state index contributed by atoms with van der Waals surface area (Å²) >= 11 is 6.13. The minimum Gasteiger partial charge on any atom is -0.428 e. The maximum absolute atomic E-state index is 13.7. The van der Waals surface area contributed by atoms with Gasteiger partial charge in [0.15, 0.2) is 11.8 Å². The summed E-state index contributed by atoms with van der Waals surface area (Å²) in [4.78, 5) is 7.67. The molecule has 0 amide bonds. The summed E-state index contributed by atoms with van der Waals surface area (Å²) in [5.74, 6) is 2.91. The Bertz CT molecular complexity index is 944. The predicted molar refractivity (Wildman–Crippen MR) is 105 cm³/mol. The molecule has 0 bridgehead atoms. The summed E-state index contributed by atoms with van der Waals surface area (Å²) in [6.07, 6.45) is -7.31. The number of hydrogen-bond donors (Lipinski definition) is 2. The van der Waals surface area contributed by atoms with Gasteiger partial charge in [0.2, 0.25) is 0 Å². The summed E-state index contributed by atoms with van der Waals surface area (Å²) in [5.41, 5.74) is 6.60. The van der Waals surface area contributed by atoms with E-state index in [1.165, 1.54) is 4.90 Å². The zero-order valence-electron chi connectivity index (χ0n) is 16.4.